The number of aromatic nitrogens is 2. The number of benzene rings is 1. The zero-order valence-electron chi connectivity index (χ0n) is 14.4. The molecule has 25 heavy (non-hydrogen) atoms. The third-order valence-electron chi connectivity index (χ3n) is 4.67. The molecule has 0 atom stereocenters. The Kier molecular flexibility index (Phi) is 5.34. The highest BCUT2D eigenvalue weighted by Gasteiger charge is 2.16. The Bertz CT molecular complexity index is 829. The van der Waals surface area contributed by atoms with Crippen LogP contribution < -0.4 is 10.5 Å². The Labute approximate surface area is 148 Å². The summed E-state index contributed by atoms with van der Waals surface area (Å²) in [6.45, 7) is 1.90. The molecule has 3 rings (SSSR count). The predicted molar refractivity (Wildman–Crippen MR) is 98.7 cm³/mol. The summed E-state index contributed by atoms with van der Waals surface area (Å²) >= 11 is 0. The van der Waals surface area contributed by atoms with Crippen LogP contribution in [0.2, 0.25) is 0 Å². The molecule has 1 aromatic heterocycles. The van der Waals surface area contributed by atoms with Crippen LogP contribution in [-0.2, 0) is 16.4 Å². The molecule has 1 aliphatic carbocycles. The number of hydrogen-bond donors (Lipinski definition) is 2. The van der Waals surface area contributed by atoms with Crippen molar-refractivity contribution in [2.24, 2.45) is 5.14 Å². The highest BCUT2D eigenvalue weighted by Crippen LogP contribution is 2.25. The quantitative estimate of drug-likeness (QED) is 0.854. The molecular weight excluding hydrogens is 336 g/mol. The van der Waals surface area contributed by atoms with Crippen molar-refractivity contribution in [1.29, 1.82) is 0 Å². The van der Waals surface area contributed by atoms with Gasteiger partial charge in [0.15, 0.2) is 0 Å². The van der Waals surface area contributed by atoms with E-state index < -0.39 is 10.0 Å². The van der Waals surface area contributed by atoms with E-state index >= 15 is 0 Å². The second kappa shape index (κ2) is 7.49. The minimum absolute atomic E-state index is 0.152. The number of aryl methyl sites for hydroxylation is 1. The summed E-state index contributed by atoms with van der Waals surface area (Å²) in [7, 11) is -3.76. The van der Waals surface area contributed by atoms with Gasteiger partial charge in [-0.05, 0) is 43.0 Å². The van der Waals surface area contributed by atoms with Gasteiger partial charge in [-0.2, -0.15) is 0 Å². The molecule has 0 amide bonds. The Morgan fingerprint density at radius 1 is 1.12 bits per heavy atom. The van der Waals surface area contributed by atoms with Crippen molar-refractivity contribution in [1.82, 2.24) is 10.2 Å². The third-order valence-corrected chi connectivity index (χ3v) is 5.67. The van der Waals surface area contributed by atoms with Crippen LogP contribution in [0.15, 0.2) is 35.2 Å². The van der Waals surface area contributed by atoms with E-state index in [-0.39, 0.29) is 4.90 Å². The zero-order chi connectivity index (χ0) is 17.9. The molecule has 0 radical (unpaired) electrons. The summed E-state index contributed by atoms with van der Waals surface area (Å²) in [5.41, 5.74) is 2.02. The first-order chi connectivity index (χ1) is 12.0. The molecule has 0 aliphatic heterocycles. The van der Waals surface area contributed by atoms with Gasteiger partial charge in [0.25, 0.3) is 0 Å². The molecule has 1 aliphatic rings. The van der Waals surface area contributed by atoms with Gasteiger partial charge in [-0.1, -0.05) is 38.3 Å². The molecule has 1 fully saturated rings. The van der Waals surface area contributed by atoms with Crippen molar-refractivity contribution in [3.8, 4) is 11.3 Å². The van der Waals surface area contributed by atoms with Gasteiger partial charge in [0, 0.05) is 11.6 Å². The minimum Gasteiger partial charge on any atom is -0.366 e. The van der Waals surface area contributed by atoms with Gasteiger partial charge >= 0.3 is 0 Å². The van der Waals surface area contributed by atoms with E-state index in [9.17, 15) is 8.42 Å². The zero-order valence-corrected chi connectivity index (χ0v) is 15.2. The summed E-state index contributed by atoms with van der Waals surface area (Å²) in [5, 5.41) is 17.2. The predicted octanol–water partition coefficient (Wildman–Crippen LogP) is 3.10. The maximum atomic E-state index is 11.8. The van der Waals surface area contributed by atoms with E-state index in [4.69, 9.17) is 5.14 Å². The van der Waals surface area contributed by atoms with E-state index in [0.29, 0.717) is 29.3 Å². The van der Waals surface area contributed by atoms with Gasteiger partial charge in [-0.15, -0.1) is 10.2 Å². The van der Waals surface area contributed by atoms with Crippen LogP contribution in [0.5, 0.6) is 0 Å². The summed E-state index contributed by atoms with van der Waals surface area (Å²) in [4.78, 5) is 0.152. The molecule has 7 heteroatoms. The molecule has 3 N–H and O–H groups in total. The Hall–Kier alpha value is -1.99. The van der Waals surface area contributed by atoms with Gasteiger partial charge in [0.05, 0.1) is 10.6 Å². The average molecular weight is 360 g/mol. The first-order valence-electron chi connectivity index (χ1n) is 8.73. The van der Waals surface area contributed by atoms with Crippen molar-refractivity contribution in [3.63, 3.8) is 0 Å². The lowest BCUT2D eigenvalue weighted by atomic mass is 9.95. The van der Waals surface area contributed by atoms with Crippen LogP contribution in [-0.4, -0.2) is 24.7 Å². The number of nitrogens with one attached hydrogen (secondary N) is 1. The molecule has 134 valence electrons. The van der Waals surface area contributed by atoms with Gasteiger partial charge in [0.2, 0.25) is 10.0 Å². The molecule has 0 saturated heterocycles. The minimum atomic E-state index is -3.76. The molecule has 0 spiro atoms. The number of primary sulfonamides is 1. The van der Waals surface area contributed by atoms with Crippen molar-refractivity contribution in [3.05, 3.63) is 35.9 Å². The molecule has 1 aromatic carbocycles. The summed E-state index contributed by atoms with van der Waals surface area (Å²) in [5.74, 6) is 0.757. The molecule has 1 heterocycles. The van der Waals surface area contributed by atoms with Crippen molar-refractivity contribution < 1.29 is 8.42 Å². The fourth-order valence-electron chi connectivity index (χ4n) is 3.29. The number of rotatable bonds is 5. The fourth-order valence-corrected chi connectivity index (χ4v) is 4.16. The lowest BCUT2D eigenvalue weighted by Crippen LogP contribution is -2.22. The van der Waals surface area contributed by atoms with Gasteiger partial charge in [-0.3, -0.25) is 0 Å². The molecule has 2 aromatic rings. The summed E-state index contributed by atoms with van der Waals surface area (Å²) in [6.07, 6.45) is 6.75. The molecule has 1 saturated carbocycles. The van der Waals surface area contributed by atoms with Crippen LogP contribution >= 0.6 is 0 Å². The maximum absolute atomic E-state index is 11.8. The second-order valence-corrected chi connectivity index (χ2v) is 8.03. The highest BCUT2D eigenvalue weighted by atomic mass is 32.2. The standard InChI is InChI=1S/C18H24N4O2S/c1-2-13-8-9-14(12-17(13)25(19,23)24)16-10-11-18(22-21-16)20-15-6-4-3-5-7-15/h8-12,15H,2-7H2,1H3,(H,20,22)(H2,19,23,24). The molecule has 6 nitrogen and oxygen atoms in total. The van der Waals surface area contributed by atoms with E-state index in [0.717, 1.165) is 5.82 Å². The first-order valence-corrected chi connectivity index (χ1v) is 10.3. The molecule has 0 unspecified atom stereocenters. The SMILES string of the molecule is CCc1ccc(-c2ccc(NC3CCCCC3)nn2)cc1S(N)(=O)=O. The number of anilines is 1. The lowest BCUT2D eigenvalue weighted by Gasteiger charge is -2.22. The normalized spacial score (nSPS) is 15.9. The highest BCUT2D eigenvalue weighted by molar-refractivity contribution is 7.89. The van der Waals surface area contributed by atoms with Crippen molar-refractivity contribution >= 4 is 15.8 Å². The Balaban J connectivity index is 1.82. The van der Waals surface area contributed by atoms with E-state index in [1.54, 1.807) is 12.1 Å². The van der Waals surface area contributed by atoms with Gasteiger partial charge in [0.1, 0.15) is 5.82 Å². The van der Waals surface area contributed by atoms with E-state index in [1.807, 2.05) is 25.1 Å². The van der Waals surface area contributed by atoms with Gasteiger partial charge < -0.3 is 5.32 Å². The molecule has 0 bridgehead atoms. The Morgan fingerprint density at radius 3 is 2.48 bits per heavy atom. The van der Waals surface area contributed by atoms with Crippen molar-refractivity contribution in [2.75, 3.05) is 5.32 Å². The smallest absolute Gasteiger partial charge is 0.238 e. The van der Waals surface area contributed by atoms with Crippen LogP contribution in [0.1, 0.15) is 44.6 Å². The number of hydrogen-bond acceptors (Lipinski definition) is 5. The van der Waals surface area contributed by atoms with Crippen LogP contribution in [0.4, 0.5) is 5.82 Å². The topological polar surface area (TPSA) is 98.0 Å². The van der Waals surface area contributed by atoms with Crippen LogP contribution in [0.3, 0.4) is 0 Å². The Morgan fingerprint density at radius 2 is 1.88 bits per heavy atom. The number of sulfonamides is 1. The maximum Gasteiger partial charge on any atom is 0.238 e. The largest absolute Gasteiger partial charge is 0.366 e. The number of nitrogens with zero attached hydrogens (tertiary/aromatic N) is 2. The first kappa shape index (κ1) is 17.8. The van der Waals surface area contributed by atoms with Crippen molar-refractivity contribution in [2.45, 2.75) is 56.4 Å². The fraction of sp³-hybridized carbons (Fsp3) is 0.444. The lowest BCUT2D eigenvalue weighted by molar-refractivity contribution is 0.461. The van der Waals surface area contributed by atoms with Crippen LogP contribution in [0.25, 0.3) is 11.3 Å². The van der Waals surface area contributed by atoms with Crippen LogP contribution in [0, 0.1) is 0 Å². The molecular formula is C18H24N4O2S. The van der Waals surface area contributed by atoms with Gasteiger partial charge in [-0.25, -0.2) is 13.6 Å². The van der Waals surface area contributed by atoms with E-state index in [2.05, 4.69) is 15.5 Å². The second-order valence-electron chi connectivity index (χ2n) is 6.50. The number of nitrogens with two attached hydrogens (primary N) is 1. The average Bonchev–Trinajstić information content (AvgIpc) is 2.62. The summed E-state index contributed by atoms with van der Waals surface area (Å²) in [6, 6.07) is 9.42. The van der Waals surface area contributed by atoms with E-state index in [1.165, 1.54) is 32.1 Å². The monoisotopic (exact) mass is 360 g/mol. The summed E-state index contributed by atoms with van der Waals surface area (Å²) < 4.78 is 23.6. The third kappa shape index (κ3) is 4.35.